The first kappa shape index (κ1) is 23.2. The molecule has 1 aromatic heterocycles. The van der Waals surface area contributed by atoms with Crippen LogP contribution in [0.25, 0.3) is 21.7 Å². The van der Waals surface area contributed by atoms with Crippen LogP contribution in [0.4, 0.5) is 0 Å². The lowest BCUT2D eigenvalue weighted by Crippen LogP contribution is -2.31. The number of rotatable bonds is 9. The summed E-state index contributed by atoms with van der Waals surface area (Å²) >= 11 is 0. The zero-order valence-electron chi connectivity index (χ0n) is 20.3. The molecule has 2 heterocycles. The maximum atomic E-state index is 12.3. The molecule has 182 valence electrons. The first-order valence-electron chi connectivity index (χ1n) is 12.2. The highest BCUT2D eigenvalue weighted by atomic mass is 16.5. The van der Waals surface area contributed by atoms with Gasteiger partial charge in [-0.1, -0.05) is 18.2 Å². The minimum absolute atomic E-state index is 0.317. The van der Waals surface area contributed by atoms with Crippen molar-refractivity contribution in [2.24, 2.45) is 0 Å². The normalized spacial score (nSPS) is 13.7. The third-order valence-corrected chi connectivity index (χ3v) is 6.78. The smallest absolute Gasteiger partial charge is 0.344 e. The second-order valence-corrected chi connectivity index (χ2v) is 9.00. The standard InChI is InChI=1S/C29H31NO5/c1-32-27-16-20-12-14-30(19-21(20)17-28(27)33-2)13-6-3-7-15-34-22-10-11-24-23-8-4-5-9-25(23)29(31)35-26(24)18-22/h4-5,8-11,16-18H,3,6-7,12-15,19H2,1-2H3. The molecule has 0 fully saturated rings. The highest BCUT2D eigenvalue weighted by Gasteiger charge is 2.19. The number of ether oxygens (including phenoxy) is 3. The molecule has 0 bridgehead atoms. The van der Waals surface area contributed by atoms with Crippen LogP contribution in [-0.4, -0.2) is 38.8 Å². The van der Waals surface area contributed by atoms with Crippen molar-refractivity contribution in [2.75, 3.05) is 33.9 Å². The van der Waals surface area contributed by atoms with Crippen LogP contribution in [0.1, 0.15) is 30.4 Å². The summed E-state index contributed by atoms with van der Waals surface area (Å²) in [6.45, 7) is 3.73. The summed E-state index contributed by atoms with van der Waals surface area (Å²) in [6, 6.07) is 17.5. The summed E-state index contributed by atoms with van der Waals surface area (Å²) in [5.74, 6) is 2.33. The minimum atomic E-state index is -0.317. The molecular formula is C29H31NO5. The van der Waals surface area contributed by atoms with E-state index in [1.807, 2.05) is 36.4 Å². The van der Waals surface area contributed by atoms with Gasteiger partial charge in [0.2, 0.25) is 0 Å². The van der Waals surface area contributed by atoms with E-state index in [0.717, 1.165) is 73.3 Å². The lowest BCUT2D eigenvalue weighted by molar-refractivity contribution is 0.241. The van der Waals surface area contributed by atoms with Gasteiger partial charge in [0.25, 0.3) is 0 Å². The van der Waals surface area contributed by atoms with E-state index in [0.29, 0.717) is 17.6 Å². The number of fused-ring (bicyclic) bond motifs is 4. The van der Waals surface area contributed by atoms with Gasteiger partial charge in [-0.15, -0.1) is 0 Å². The van der Waals surface area contributed by atoms with Crippen LogP contribution in [0.15, 0.2) is 63.8 Å². The van der Waals surface area contributed by atoms with Crippen LogP contribution in [0.3, 0.4) is 0 Å². The average Bonchev–Trinajstić information content (AvgIpc) is 2.89. The van der Waals surface area contributed by atoms with Crippen LogP contribution in [0.5, 0.6) is 17.2 Å². The molecule has 0 unspecified atom stereocenters. The highest BCUT2D eigenvalue weighted by molar-refractivity contribution is 6.04. The predicted molar refractivity (Wildman–Crippen MR) is 138 cm³/mol. The molecule has 1 aliphatic heterocycles. The molecule has 1 aliphatic rings. The molecule has 6 nitrogen and oxygen atoms in total. The molecule has 0 amide bonds. The zero-order chi connectivity index (χ0) is 24.2. The van der Waals surface area contributed by atoms with E-state index < -0.39 is 0 Å². The number of nitrogens with zero attached hydrogens (tertiary/aromatic N) is 1. The number of unbranched alkanes of at least 4 members (excludes halogenated alkanes) is 2. The monoisotopic (exact) mass is 473 g/mol. The molecule has 0 aliphatic carbocycles. The van der Waals surface area contributed by atoms with Crippen LogP contribution in [0, 0.1) is 0 Å². The Morgan fingerprint density at radius 3 is 2.43 bits per heavy atom. The van der Waals surface area contributed by atoms with Crippen LogP contribution < -0.4 is 19.8 Å². The minimum Gasteiger partial charge on any atom is -0.493 e. The molecule has 0 saturated heterocycles. The van der Waals surface area contributed by atoms with Gasteiger partial charge in [-0.25, -0.2) is 4.79 Å². The third kappa shape index (κ3) is 4.98. The van der Waals surface area contributed by atoms with Gasteiger partial charge < -0.3 is 18.6 Å². The van der Waals surface area contributed by atoms with Crippen molar-refractivity contribution in [3.8, 4) is 17.2 Å². The first-order chi connectivity index (χ1) is 17.2. The Kier molecular flexibility index (Phi) is 6.91. The average molecular weight is 474 g/mol. The van der Waals surface area contributed by atoms with Gasteiger partial charge in [-0.3, -0.25) is 4.90 Å². The van der Waals surface area contributed by atoms with Gasteiger partial charge in [0.15, 0.2) is 11.5 Å². The Morgan fingerprint density at radius 2 is 1.63 bits per heavy atom. The number of methoxy groups -OCH3 is 2. The molecule has 0 radical (unpaired) electrons. The largest absolute Gasteiger partial charge is 0.493 e. The summed E-state index contributed by atoms with van der Waals surface area (Å²) in [4.78, 5) is 14.8. The molecule has 6 heteroatoms. The van der Waals surface area contributed by atoms with Crippen molar-refractivity contribution >= 4 is 21.7 Å². The molecule has 0 N–H and O–H groups in total. The zero-order valence-corrected chi connectivity index (χ0v) is 20.3. The van der Waals surface area contributed by atoms with Crippen molar-refractivity contribution in [2.45, 2.75) is 32.2 Å². The van der Waals surface area contributed by atoms with Crippen molar-refractivity contribution in [3.63, 3.8) is 0 Å². The van der Waals surface area contributed by atoms with E-state index in [2.05, 4.69) is 17.0 Å². The van der Waals surface area contributed by atoms with E-state index in [4.69, 9.17) is 18.6 Å². The SMILES string of the molecule is COc1cc2c(cc1OC)CN(CCCCCOc1ccc3c(c1)oc(=O)c1ccccc13)CC2. The third-order valence-electron chi connectivity index (χ3n) is 6.78. The molecule has 35 heavy (non-hydrogen) atoms. The number of benzene rings is 3. The quantitative estimate of drug-likeness (QED) is 0.180. The van der Waals surface area contributed by atoms with Crippen LogP contribution in [-0.2, 0) is 13.0 Å². The molecule has 0 atom stereocenters. The summed E-state index contributed by atoms with van der Waals surface area (Å²) in [7, 11) is 3.37. The van der Waals surface area contributed by atoms with Gasteiger partial charge in [0.1, 0.15) is 11.3 Å². The fourth-order valence-electron chi connectivity index (χ4n) is 4.89. The Morgan fingerprint density at radius 1 is 0.857 bits per heavy atom. The van der Waals surface area contributed by atoms with Gasteiger partial charge in [-0.2, -0.15) is 0 Å². The Labute approximate surface area is 205 Å². The lowest BCUT2D eigenvalue weighted by atomic mass is 9.98. The molecular weight excluding hydrogens is 442 g/mol. The van der Waals surface area contributed by atoms with E-state index >= 15 is 0 Å². The summed E-state index contributed by atoms with van der Waals surface area (Å²) in [6.07, 6.45) is 4.24. The first-order valence-corrected chi connectivity index (χ1v) is 12.2. The van der Waals surface area contributed by atoms with Gasteiger partial charge >= 0.3 is 5.63 Å². The fourth-order valence-corrected chi connectivity index (χ4v) is 4.89. The lowest BCUT2D eigenvalue weighted by Gasteiger charge is -2.29. The van der Waals surface area contributed by atoms with Crippen molar-refractivity contribution < 1.29 is 18.6 Å². The van der Waals surface area contributed by atoms with E-state index in [-0.39, 0.29) is 5.63 Å². The van der Waals surface area contributed by atoms with Gasteiger partial charge in [-0.05, 0) is 79.1 Å². The van der Waals surface area contributed by atoms with Crippen molar-refractivity contribution in [3.05, 3.63) is 76.1 Å². The molecule has 4 aromatic rings. The fraction of sp³-hybridized carbons (Fsp3) is 0.345. The molecule has 3 aromatic carbocycles. The van der Waals surface area contributed by atoms with E-state index in [9.17, 15) is 4.79 Å². The van der Waals surface area contributed by atoms with Gasteiger partial charge in [0.05, 0.1) is 26.2 Å². The van der Waals surface area contributed by atoms with Crippen molar-refractivity contribution in [1.29, 1.82) is 0 Å². The van der Waals surface area contributed by atoms with Crippen molar-refractivity contribution in [1.82, 2.24) is 4.90 Å². The van der Waals surface area contributed by atoms with Crippen LogP contribution >= 0.6 is 0 Å². The van der Waals surface area contributed by atoms with Gasteiger partial charge in [0, 0.05) is 24.5 Å². The molecule has 5 rings (SSSR count). The van der Waals surface area contributed by atoms with E-state index in [1.165, 1.54) is 11.1 Å². The number of hydrogen-bond acceptors (Lipinski definition) is 6. The Hall–Kier alpha value is -3.51. The topological polar surface area (TPSA) is 61.1 Å². The second-order valence-electron chi connectivity index (χ2n) is 9.00. The molecule has 0 saturated carbocycles. The number of hydrogen-bond donors (Lipinski definition) is 0. The summed E-state index contributed by atoms with van der Waals surface area (Å²) in [5.41, 5.74) is 2.92. The Balaban J connectivity index is 1.10. The highest BCUT2D eigenvalue weighted by Crippen LogP contribution is 2.33. The van der Waals surface area contributed by atoms with Crippen LogP contribution in [0.2, 0.25) is 0 Å². The second kappa shape index (κ2) is 10.4. The molecule has 0 spiro atoms. The van der Waals surface area contributed by atoms with E-state index in [1.54, 1.807) is 20.3 Å². The maximum absolute atomic E-state index is 12.3. The summed E-state index contributed by atoms with van der Waals surface area (Å²) in [5, 5.41) is 2.43. The summed E-state index contributed by atoms with van der Waals surface area (Å²) < 4.78 is 22.4. The Bertz CT molecular complexity index is 1390. The predicted octanol–water partition coefficient (Wildman–Crippen LogP) is 5.57. The maximum Gasteiger partial charge on any atom is 0.344 e.